The molecule has 0 atom stereocenters. The van der Waals surface area contributed by atoms with Gasteiger partial charge in [-0.15, -0.1) is 0 Å². The molecule has 20 heavy (non-hydrogen) atoms. The first-order chi connectivity index (χ1) is 9.21. The fourth-order valence-electron chi connectivity index (χ4n) is 1.27. The summed E-state index contributed by atoms with van der Waals surface area (Å²) in [6.45, 7) is 5.32. The highest BCUT2D eigenvalue weighted by Crippen LogP contribution is 2.28. The summed E-state index contributed by atoms with van der Waals surface area (Å²) in [5.41, 5.74) is 0. The van der Waals surface area contributed by atoms with Crippen molar-refractivity contribution in [1.82, 2.24) is 5.32 Å². The maximum atomic E-state index is 11.7. The Labute approximate surface area is 130 Å². The third-order valence-electron chi connectivity index (χ3n) is 2.13. The standard InChI is InChI=1S/C11H15BrClNO5S/c1-7(2)6-18-4-3-14-11(15)8-5-9(10(12)19-8)20(13,16)17/h5,7H,3-4,6H2,1-2H3,(H,14,15). The van der Waals surface area contributed by atoms with Gasteiger partial charge in [-0.3, -0.25) is 4.79 Å². The van der Waals surface area contributed by atoms with E-state index in [0.29, 0.717) is 25.7 Å². The number of hydrogen-bond donors (Lipinski definition) is 1. The average molecular weight is 389 g/mol. The fourth-order valence-corrected chi connectivity index (χ4v) is 3.31. The third kappa shape index (κ3) is 5.43. The van der Waals surface area contributed by atoms with Crippen molar-refractivity contribution in [2.45, 2.75) is 18.7 Å². The van der Waals surface area contributed by atoms with Crippen molar-refractivity contribution in [3.8, 4) is 0 Å². The van der Waals surface area contributed by atoms with Crippen LogP contribution in [0.1, 0.15) is 24.4 Å². The predicted octanol–water partition coefficient (Wildman–Crippen LogP) is 2.37. The summed E-state index contributed by atoms with van der Waals surface area (Å²) in [5.74, 6) is -0.256. The Balaban J connectivity index is 2.53. The van der Waals surface area contributed by atoms with E-state index < -0.39 is 15.0 Å². The van der Waals surface area contributed by atoms with Gasteiger partial charge >= 0.3 is 0 Å². The van der Waals surface area contributed by atoms with E-state index in [1.807, 2.05) is 13.8 Å². The summed E-state index contributed by atoms with van der Waals surface area (Å²) in [6, 6.07) is 1.07. The van der Waals surface area contributed by atoms with Crippen LogP contribution in [-0.4, -0.2) is 34.1 Å². The van der Waals surface area contributed by atoms with Crippen molar-refractivity contribution in [1.29, 1.82) is 0 Å². The Morgan fingerprint density at radius 2 is 2.20 bits per heavy atom. The molecule has 114 valence electrons. The minimum atomic E-state index is -3.96. The molecule has 0 aliphatic rings. The van der Waals surface area contributed by atoms with Gasteiger partial charge in [-0.25, -0.2) is 8.42 Å². The molecule has 1 aromatic rings. The zero-order chi connectivity index (χ0) is 15.3. The number of hydrogen-bond acceptors (Lipinski definition) is 5. The van der Waals surface area contributed by atoms with Gasteiger partial charge in [-0.05, 0) is 21.8 Å². The number of rotatable bonds is 7. The predicted molar refractivity (Wildman–Crippen MR) is 77.4 cm³/mol. The highest BCUT2D eigenvalue weighted by molar-refractivity contribution is 9.10. The third-order valence-corrected chi connectivity index (χ3v) is 4.30. The van der Waals surface area contributed by atoms with Gasteiger partial charge in [0.2, 0.25) is 0 Å². The molecule has 1 heterocycles. The molecule has 0 spiro atoms. The molecular weight excluding hydrogens is 374 g/mol. The van der Waals surface area contributed by atoms with Crippen LogP contribution in [-0.2, 0) is 13.8 Å². The van der Waals surface area contributed by atoms with Crippen LogP contribution in [0.4, 0.5) is 0 Å². The van der Waals surface area contributed by atoms with Gasteiger partial charge in [0.1, 0.15) is 4.90 Å². The molecule has 6 nitrogen and oxygen atoms in total. The van der Waals surface area contributed by atoms with Gasteiger partial charge in [-0.1, -0.05) is 13.8 Å². The highest BCUT2D eigenvalue weighted by atomic mass is 79.9. The van der Waals surface area contributed by atoms with Crippen LogP contribution in [0.5, 0.6) is 0 Å². The van der Waals surface area contributed by atoms with Gasteiger partial charge < -0.3 is 14.5 Å². The number of furan rings is 1. The summed E-state index contributed by atoms with van der Waals surface area (Å²) in [5, 5.41) is 2.55. The van der Waals surface area contributed by atoms with Crippen LogP contribution in [0.15, 0.2) is 20.0 Å². The summed E-state index contributed by atoms with van der Waals surface area (Å²) >= 11 is 2.90. The van der Waals surface area contributed by atoms with Crippen LogP contribution in [0, 0.1) is 5.92 Å². The maximum absolute atomic E-state index is 11.7. The number of amides is 1. The minimum absolute atomic E-state index is 0.103. The second-order valence-electron chi connectivity index (χ2n) is 4.41. The summed E-state index contributed by atoms with van der Waals surface area (Å²) < 4.78 is 32.5. The van der Waals surface area contributed by atoms with Crippen LogP contribution in [0.2, 0.25) is 0 Å². The summed E-state index contributed by atoms with van der Waals surface area (Å²) in [6.07, 6.45) is 0. The maximum Gasteiger partial charge on any atom is 0.287 e. The molecule has 0 radical (unpaired) electrons. The molecule has 1 rings (SSSR count). The van der Waals surface area contributed by atoms with E-state index in [2.05, 4.69) is 21.2 Å². The number of ether oxygens (including phenoxy) is 1. The first-order valence-electron chi connectivity index (χ1n) is 5.81. The van der Waals surface area contributed by atoms with Crippen LogP contribution in [0.25, 0.3) is 0 Å². The Hall–Kier alpha value is -0.570. The number of carbonyl (C=O) groups is 1. The van der Waals surface area contributed by atoms with E-state index in [-0.39, 0.29) is 15.3 Å². The van der Waals surface area contributed by atoms with Crippen LogP contribution >= 0.6 is 26.6 Å². The lowest BCUT2D eigenvalue weighted by Gasteiger charge is -2.07. The van der Waals surface area contributed by atoms with E-state index in [1.165, 1.54) is 0 Å². The number of nitrogens with one attached hydrogen (secondary N) is 1. The van der Waals surface area contributed by atoms with Crippen molar-refractivity contribution in [3.63, 3.8) is 0 Å². The molecular formula is C11H15BrClNO5S. The van der Waals surface area contributed by atoms with Crippen molar-refractivity contribution in [2.75, 3.05) is 19.8 Å². The van der Waals surface area contributed by atoms with Crippen molar-refractivity contribution in [3.05, 3.63) is 16.5 Å². The smallest absolute Gasteiger partial charge is 0.287 e. The first kappa shape index (κ1) is 17.5. The monoisotopic (exact) mass is 387 g/mol. The minimum Gasteiger partial charge on any atom is -0.443 e. The van der Waals surface area contributed by atoms with Crippen molar-refractivity contribution in [2.24, 2.45) is 5.92 Å². The van der Waals surface area contributed by atoms with E-state index >= 15 is 0 Å². The molecule has 0 fully saturated rings. The first-order valence-corrected chi connectivity index (χ1v) is 8.92. The largest absolute Gasteiger partial charge is 0.443 e. The highest BCUT2D eigenvalue weighted by Gasteiger charge is 2.23. The molecule has 9 heteroatoms. The Morgan fingerprint density at radius 3 is 2.70 bits per heavy atom. The van der Waals surface area contributed by atoms with E-state index in [0.717, 1.165) is 6.07 Å². The SMILES string of the molecule is CC(C)COCCNC(=O)c1cc(S(=O)(=O)Cl)c(Br)o1. The lowest BCUT2D eigenvalue weighted by molar-refractivity contribution is 0.0862. The Bertz CT molecular complexity index is 569. The summed E-state index contributed by atoms with van der Waals surface area (Å²) in [7, 11) is 1.23. The fraction of sp³-hybridized carbons (Fsp3) is 0.545. The van der Waals surface area contributed by atoms with Crippen molar-refractivity contribution < 1.29 is 22.4 Å². The molecule has 0 aliphatic carbocycles. The van der Waals surface area contributed by atoms with Gasteiger partial charge in [0.15, 0.2) is 10.4 Å². The second-order valence-corrected chi connectivity index (χ2v) is 7.67. The number of halogens is 2. The van der Waals surface area contributed by atoms with Gasteiger partial charge in [-0.2, -0.15) is 0 Å². The topological polar surface area (TPSA) is 85.6 Å². The average Bonchev–Trinajstić information content (AvgIpc) is 2.70. The summed E-state index contributed by atoms with van der Waals surface area (Å²) in [4.78, 5) is 11.4. The Morgan fingerprint density at radius 1 is 1.55 bits per heavy atom. The van der Waals surface area contributed by atoms with Crippen molar-refractivity contribution >= 4 is 41.6 Å². The van der Waals surface area contributed by atoms with Crippen LogP contribution < -0.4 is 5.32 Å². The van der Waals surface area contributed by atoms with E-state index in [4.69, 9.17) is 19.8 Å². The molecule has 0 aliphatic heterocycles. The molecule has 1 aromatic heterocycles. The number of carbonyl (C=O) groups excluding carboxylic acids is 1. The van der Waals surface area contributed by atoms with E-state index in [9.17, 15) is 13.2 Å². The molecule has 0 bridgehead atoms. The van der Waals surface area contributed by atoms with Gasteiger partial charge in [0, 0.05) is 29.9 Å². The second kappa shape index (κ2) is 7.44. The van der Waals surface area contributed by atoms with Gasteiger partial charge in [0.25, 0.3) is 15.0 Å². The molecule has 0 aromatic carbocycles. The molecule has 0 saturated heterocycles. The van der Waals surface area contributed by atoms with Crippen LogP contribution in [0.3, 0.4) is 0 Å². The van der Waals surface area contributed by atoms with Gasteiger partial charge in [0.05, 0.1) is 6.61 Å². The lowest BCUT2D eigenvalue weighted by atomic mass is 10.2. The molecule has 0 unspecified atom stereocenters. The normalized spacial score (nSPS) is 11.8. The Kier molecular flexibility index (Phi) is 6.50. The molecule has 1 N–H and O–H groups in total. The molecule has 1 amide bonds. The zero-order valence-corrected chi connectivity index (χ0v) is 14.1. The quantitative estimate of drug-likeness (QED) is 0.572. The molecule has 0 saturated carbocycles. The van der Waals surface area contributed by atoms with E-state index in [1.54, 1.807) is 0 Å². The lowest BCUT2D eigenvalue weighted by Crippen LogP contribution is -2.27. The zero-order valence-electron chi connectivity index (χ0n) is 11.0.